The first-order chi connectivity index (χ1) is 10.6. The Morgan fingerprint density at radius 3 is 2.48 bits per heavy atom. The standard InChI is InChI=1S/C14H22N6O2.HI/c1-9-10(2)21-13(18-9)8-17-14(15-4)16-7-5-6-12-19-11(3)20-22-12;/h5-8H2,1-4H3,(H2,15,16,17);1H. The topological polar surface area (TPSA) is 101 Å². The van der Waals surface area contributed by atoms with E-state index in [0.717, 1.165) is 30.8 Å². The minimum atomic E-state index is 0. The van der Waals surface area contributed by atoms with Crippen LogP contribution in [0.4, 0.5) is 0 Å². The van der Waals surface area contributed by atoms with E-state index < -0.39 is 0 Å². The molecule has 2 heterocycles. The van der Waals surface area contributed by atoms with E-state index in [-0.39, 0.29) is 24.0 Å². The third-order valence-corrected chi connectivity index (χ3v) is 3.13. The van der Waals surface area contributed by atoms with E-state index in [1.54, 1.807) is 7.05 Å². The van der Waals surface area contributed by atoms with Crippen molar-refractivity contribution >= 4 is 29.9 Å². The summed E-state index contributed by atoms with van der Waals surface area (Å²) in [6.45, 7) is 6.89. The number of aliphatic imine (C=N–C) groups is 1. The molecule has 23 heavy (non-hydrogen) atoms. The molecule has 0 amide bonds. The van der Waals surface area contributed by atoms with Crippen LogP contribution in [0.25, 0.3) is 0 Å². The lowest BCUT2D eigenvalue weighted by atomic mass is 10.3. The molecule has 0 atom stereocenters. The molecule has 0 saturated heterocycles. The fourth-order valence-electron chi connectivity index (χ4n) is 1.88. The van der Waals surface area contributed by atoms with Crippen molar-refractivity contribution in [3.05, 3.63) is 29.1 Å². The van der Waals surface area contributed by atoms with Gasteiger partial charge in [-0.15, -0.1) is 24.0 Å². The van der Waals surface area contributed by atoms with Crippen LogP contribution in [-0.2, 0) is 13.0 Å². The zero-order valence-corrected chi connectivity index (χ0v) is 16.2. The first-order valence-corrected chi connectivity index (χ1v) is 7.25. The number of hydrogen-bond donors (Lipinski definition) is 2. The molecule has 8 nitrogen and oxygen atoms in total. The number of guanidine groups is 1. The van der Waals surface area contributed by atoms with Gasteiger partial charge in [0.25, 0.3) is 0 Å². The van der Waals surface area contributed by atoms with E-state index in [4.69, 9.17) is 8.94 Å². The Bertz CT molecular complexity index is 618. The second-order valence-electron chi connectivity index (χ2n) is 4.94. The molecule has 2 N–H and O–H groups in total. The second kappa shape index (κ2) is 9.48. The lowest BCUT2D eigenvalue weighted by molar-refractivity contribution is 0.372. The Balaban J connectivity index is 0.00000264. The first-order valence-electron chi connectivity index (χ1n) is 7.25. The molecule has 0 aromatic carbocycles. The van der Waals surface area contributed by atoms with Gasteiger partial charge in [-0.1, -0.05) is 5.16 Å². The number of nitrogens with zero attached hydrogens (tertiary/aromatic N) is 4. The zero-order chi connectivity index (χ0) is 15.9. The van der Waals surface area contributed by atoms with Crippen LogP contribution in [0, 0.1) is 20.8 Å². The molecular formula is C14H23IN6O2. The van der Waals surface area contributed by atoms with Gasteiger partial charge in [-0.2, -0.15) is 4.98 Å². The average molecular weight is 434 g/mol. The molecule has 0 radical (unpaired) electrons. The monoisotopic (exact) mass is 434 g/mol. The second-order valence-corrected chi connectivity index (χ2v) is 4.94. The van der Waals surface area contributed by atoms with Crippen LogP contribution in [-0.4, -0.2) is 34.7 Å². The van der Waals surface area contributed by atoms with Gasteiger partial charge in [0.15, 0.2) is 11.8 Å². The van der Waals surface area contributed by atoms with Crippen molar-refractivity contribution in [2.75, 3.05) is 13.6 Å². The van der Waals surface area contributed by atoms with Gasteiger partial charge in [0.2, 0.25) is 11.8 Å². The molecule has 0 fully saturated rings. The number of hydrogen-bond acceptors (Lipinski definition) is 6. The number of nitrogens with one attached hydrogen (secondary N) is 2. The number of halogens is 1. The van der Waals surface area contributed by atoms with Gasteiger partial charge in [0, 0.05) is 20.0 Å². The predicted octanol–water partition coefficient (Wildman–Crippen LogP) is 1.90. The number of aryl methyl sites for hydroxylation is 4. The number of oxazole rings is 1. The Hall–Kier alpha value is -1.65. The first kappa shape index (κ1) is 19.4. The lowest BCUT2D eigenvalue weighted by Gasteiger charge is -2.09. The van der Waals surface area contributed by atoms with Crippen LogP contribution in [0.2, 0.25) is 0 Å². The number of aromatic nitrogens is 3. The summed E-state index contributed by atoms with van der Waals surface area (Å²) in [5.41, 5.74) is 0.912. The minimum Gasteiger partial charge on any atom is -0.444 e. The maximum atomic E-state index is 5.51. The van der Waals surface area contributed by atoms with E-state index in [9.17, 15) is 0 Å². The Morgan fingerprint density at radius 1 is 1.13 bits per heavy atom. The highest BCUT2D eigenvalue weighted by molar-refractivity contribution is 14.0. The SMILES string of the molecule is CN=C(NCCCc1nc(C)no1)NCc1nc(C)c(C)o1.I. The fraction of sp³-hybridized carbons (Fsp3) is 0.571. The van der Waals surface area contributed by atoms with Crippen molar-refractivity contribution in [1.29, 1.82) is 0 Å². The molecule has 0 aliphatic rings. The highest BCUT2D eigenvalue weighted by Crippen LogP contribution is 2.07. The van der Waals surface area contributed by atoms with Gasteiger partial charge in [-0.05, 0) is 27.2 Å². The Morgan fingerprint density at radius 2 is 1.91 bits per heavy atom. The fourth-order valence-corrected chi connectivity index (χ4v) is 1.88. The third kappa shape index (κ3) is 6.16. The number of rotatable bonds is 6. The van der Waals surface area contributed by atoms with Crippen molar-refractivity contribution in [2.24, 2.45) is 4.99 Å². The van der Waals surface area contributed by atoms with Crippen molar-refractivity contribution in [3.8, 4) is 0 Å². The molecule has 0 spiro atoms. The molecule has 9 heteroatoms. The van der Waals surface area contributed by atoms with E-state index in [2.05, 4.69) is 30.8 Å². The van der Waals surface area contributed by atoms with Crippen molar-refractivity contribution in [1.82, 2.24) is 25.8 Å². The summed E-state index contributed by atoms with van der Waals surface area (Å²) in [7, 11) is 1.72. The van der Waals surface area contributed by atoms with E-state index in [0.29, 0.717) is 30.1 Å². The van der Waals surface area contributed by atoms with Crippen molar-refractivity contribution < 1.29 is 8.94 Å². The average Bonchev–Trinajstić information content (AvgIpc) is 3.04. The maximum Gasteiger partial charge on any atom is 0.226 e. The molecule has 0 saturated carbocycles. The summed E-state index contributed by atoms with van der Waals surface area (Å²) in [5.74, 6) is 3.52. The minimum absolute atomic E-state index is 0. The van der Waals surface area contributed by atoms with Crippen molar-refractivity contribution in [3.63, 3.8) is 0 Å². The summed E-state index contributed by atoms with van der Waals surface area (Å²) in [4.78, 5) is 12.6. The highest BCUT2D eigenvalue weighted by Gasteiger charge is 2.06. The maximum absolute atomic E-state index is 5.51. The summed E-state index contributed by atoms with van der Waals surface area (Å²) in [5, 5.41) is 10.1. The molecule has 0 unspecified atom stereocenters. The van der Waals surface area contributed by atoms with Crippen LogP contribution in [0.5, 0.6) is 0 Å². The van der Waals surface area contributed by atoms with Crippen LogP contribution in [0.3, 0.4) is 0 Å². The summed E-state index contributed by atoms with van der Waals surface area (Å²) >= 11 is 0. The molecule has 2 rings (SSSR count). The van der Waals surface area contributed by atoms with E-state index in [1.807, 2.05) is 20.8 Å². The Kier molecular flexibility index (Phi) is 8.00. The molecule has 0 aliphatic heterocycles. The van der Waals surface area contributed by atoms with Gasteiger partial charge in [-0.25, -0.2) is 4.98 Å². The van der Waals surface area contributed by atoms with Crippen molar-refractivity contribution in [2.45, 2.75) is 40.2 Å². The zero-order valence-electron chi connectivity index (χ0n) is 13.8. The molecule has 2 aromatic rings. The normalized spacial score (nSPS) is 11.2. The molecule has 0 aliphatic carbocycles. The van der Waals surface area contributed by atoms with Crippen LogP contribution in [0.1, 0.15) is 35.5 Å². The highest BCUT2D eigenvalue weighted by atomic mass is 127. The smallest absolute Gasteiger partial charge is 0.226 e. The summed E-state index contributed by atoms with van der Waals surface area (Å²) in [6.07, 6.45) is 1.61. The van der Waals surface area contributed by atoms with Crippen LogP contribution < -0.4 is 10.6 Å². The summed E-state index contributed by atoms with van der Waals surface area (Å²) < 4.78 is 10.6. The van der Waals surface area contributed by atoms with E-state index in [1.165, 1.54) is 0 Å². The molecular weight excluding hydrogens is 411 g/mol. The van der Waals surface area contributed by atoms with Gasteiger partial charge in [0.1, 0.15) is 5.76 Å². The van der Waals surface area contributed by atoms with E-state index >= 15 is 0 Å². The third-order valence-electron chi connectivity index (χ3n) is 3.13. The molecule has 0 bridgehead atoms. The van der Waals surface area contributed by atoms with Gasteiger partial charge < -0.3 is 19.6 Å². The molecule has 128 valence electrons. The van der Waals surface area contributed by atoms with Crippen LogP contribution >= 0.6 is 24.0 Å². The largest absolute Gasteiger partial charge is 0.444 e. The quantitative estimate of drug-likeness (QED) is 0.310. The van der Waals surface area contributed by atoms with Gasteiger partial charge in [0.05, 0.1) is 12.2 Å². The predicted molar refractivity (Wildman–Crippen MR) is 96.9 cm³/mol. The van der Waals surface area contributed by atoms with Crippen LogP contribution in [0.15, 0.2) is 13.9 Å². The summed E-state index contributed by atoms with van der Waals surface area (Å²) in [6, 6.07) is 0. The van der Waals surface area contributed by atoms with Gasteiger partial charge in [-0.3, -0.25) is 4.99 Å². The Labute approximate surface area is 152 Å². The van der Waals surface area contributed by atoms with Gasteiger partial charge >= 0.3 is 0 Å². The lowest BCUT2D eigenvalue weighted by Crippen LogP contribution is -2.37. The molecule has 2 aromatic heterocycles.